The zero-order valence-electron chi connectivity index (χ0n) is 15.7. The van der Waals surface area contributed by atoms with Gasteiger partial charge in [0.15, 0.2) is 10.9 Å². The monoisotopic (exact) mass is 425 g/mol. The van der Waals surface area contributed by atoms with E-state index in [1.165, 1.54) is 6.26 Å². The van der Waals surface area contributed by atoms with Gasteiger partial charge in [0, 0.05) is 18.0 Å². The molecule has 0 aliphatic heterocycles. The highest BCUT2D eigenvalue weighted by atomic mass is 35.5. The first kappa shape index (κ1) is 21.8. The lowest BCUT2D eigenvalue weighted by atomic mass is 10.3. The van der Waals surface area contributed by atoms with Gasteiger partial charge in [0.25, 0.3) is 5.91 Å². The van der Waals surface area contributed by atoms with Crippen LogP contribution in [0.5, 0.6) is 0 Å². The van der Waals surface area contributed by atoms with Gasteiger partial charge < -0.3 is 9.32 Å². The van der Waals surface area contributed by atoms with Crippen LogP contribution in [0.15, 0.2) is 45.9 Å². The maximum atomic E-state index is 13.0. The number of anilines is 1. The van der Waals surface area contributed by atoms with Crippen molar-refractivity contribution < 1.29 is 9.21 Å². The second-order valence-electron chi connectivity index (χ2n) is 5.76. The van der Waals surface area contributed by atoms with Crippen molar-refractivity contribution in [3.63, 3.8) is 0 Å². The molecule has 2 heterocycles. The first-order chi connectivity index (χ1) is 12.7. The Labute approximate surface area is 174 Å². The third kappa shape index (κ3) is 4.85. The Balaban J connectivity index is 0.00000261. The molecular formula is C19H24ClN3O2S2. The van der Waals surface area contributed by atoms with Crippen LogP contribution in [0.2, 0.25) is 0 Å². The molecule has 0 aliphatic rings. The van der Waals surface area contributed by atoms with Crippen LogP contribution in [0.1, 0.15) is 24.4 Å². The smallest absolute Gasteiger partial charge is 0.295 e. The number of likely N-dealkylation sites (N-methyl/N-ethyl adjacent to an activating group) is 1. The van der Waals surface area contributed by atoms with E-state index in [2.05, 4.69) is 30.9 Å². The molecule has 1 aromatic carbocycles. The van der Waals surface area contributed by atoms with Gasteiger partial charge in [-0.15, -0.1) is 24.2 Å². The summed E-state index contributed by atoms with van der Waals surface area (Å²) in [6, 6.07) is 9.58. The molecule has 3 aromatic rings. The second-order valence-corrected chi connectivity index (χ2v) is 7.62. The van der Waals surface area contributed by atoms with Crippen LogP contribution in [0, 0.1) is 0 Å². The van der Waals surface area contributed by atoms with E-state index in [0.717, 1.165) is 39.9 Å². The topological polar surface area (TPSA) is 49.6 Å². The Kier molecular flexibility index (Phi) is 8.16. The molecule has 27 heavy (non-hydrogen) atoms. The lowest BCUT2D eigenvalue weighted by molar-refractivity contribution is 0.0957. The number of benzene rings is 1. The van der Waals surface area contributed by atoms with Crippen LogP contribution in [-0.4, -0.2) is 48.2 Å². The van der Waals surface area contributed by atoms with E-state index in [4.69, 9.17) is 9.40 Å². The maximum Gasteiger partial charge on any atom is 0.295 e. The highest BCUT2D eigenvalue weighted by molar-refractivity contribution is 7.98. The summed E-state index contributed by atoms with van der Waals surface area (Å²) in [6.45, 7) is 7.54. The molecular weight excluding hydrogens is 402 g/mol. The molecule has 0 radical (unpaired) electrons. The number of furan rings is 1. The van der Waals surface area contributed by atoms with Gasteiger partial charge in [-0.25, -0.2) is 4.98 Å². The molecule has 0 atom stereocenters. The molecule has 0 N–H and O–H groups in total. The van der Waals surface area contributed by atoms with Gasteiger partial charge in [-0.2, -0.15) is 0 Å². The van der Waals surface area contributed by atoms with E-state index in [1.54, 1.807) is 40.1 Å². The molecule has 0 saturated carbocycles. The first-order valence-electron chi connectivity index (χ1n) is 8.69. The van der Waals surface area contributed by atoms with E-state index in [0.29, 0.717) is 12.3 Å². The van der Waals surface area contributed by atoms with Crippen LogP contribution in [0.4, 0.5) is 5.13 Å². The number of rotatable bonds is 8. The number of thiazole rings is 1. The molecule has 0 aliphatic carbocycles. The maximum absolute atomic E-state index is 13.0. The molecule has 2 aromatic heterocycles. The van der Waals surface area contributed by atoms with Crippen LogP contribution < -0.4 is 4.90 Å². The normalized spacial score (nSPS) is 11.0. The number of amides is 1. The van der Waals surface area contributed by atoms with E-state index >= 15 is 0 Å². The minimum absolute atomic E-state index is 0. The van der Waals surface area contributed by atoms with E-state index in [9.17, 15) is 4.79 Å². The Morgan fingerprint density at radius 3 is 2.59 bits per heavy atom. The average Bonchev–Trinajstić information content (AvgIpc) is 3.34. The number of hydrogen-bond acceptors (Lipinski definition) is 6. The fraction of sp³-hybridized carbons (Fsp3) is 0.368. The summed E-state index contributed by atoms with van der Waals surface area (Å²) < 4.78 is 6.43. The Bertz CT molecular complexity index is 863. The minimum atomic E-state index is -0.146. The summed E-state index contributed by atoms with van der Waals surface area (Å²) in [5, 5.41) is 0.718. The molecule has 0 spiro atoms. The number of para-hydroxylation sites is 1. The Hall–Kier alpha value is -1.54. The fourth-order valence-electron chi connectivity index (χ4n) is 2.79. The zero-order valence-corrected chi connectivity index (χ0v) is 18.1. The standard InChI is InChI=1S/C19H23N3O2S2.ClH/c1-4-21(5-2)11-12-22(18(23)14-8-7-13-24-14)19-20-17-15(25-3)9-6-10-16(17)26-19;/h6-10,13H,4-5,11-12H2,1-3H3;1H. The molecule has 0 fully saturated rings. The lowest BCUT2D eigenvalue weighted by Crippen LogP contribution is -2.38. The van der Waals surface area contributed by atoms with E-state index in [1.807, 2.05) is 12.3 Å². The van der Waals surface area contributed by atoms with Crippen LogP contribution in [-0.2, 0) is 0 Å². The number of halogens is 1. The molecule has 0 unspecified atom stereocenters. The van der Waals surface area contributed by atoms with Crippen LogP contribution in [0.25, 0.3) is 10.2 Å². The highest BCUT2D eigenvalue weighted by Crippen LogP contribution is 2.34. The van der Waals surface area contributed by atoms with Crippen LogP contribution in [0.3, 0.4) is 0 Å². The van der Waals surface area contributed by atoms with Gasteiger partial charge in [-0.05, 0) is 43.6 Å². The van der Waals surface area contributed by atoms with Crippen molar-refractivity contribution in [2.24, 2.45) is 0 Å². The quantitative estimate of drug-likeness (QED) is 0.474. The molecule has 8 heteroatoms. The number of hydrogen-bond donors (Lipinski definition) is 0. The van der Waals surface area contributed by atoms with Crippen molar-refractivity contribution in [2.75, 3.05) is 37.3 Å². The largest absolute Gasteiger partial charge is 0.459 e. The average molecular weight is 426 g/mol. The van der Waals surface area contributed by atoms with E-state index < -0.39 is 0 Å². The zero-order chi connectivity index (χ0) is 18.5. The van der Waals surface area contributed by atoms with Crippen LogP contribution >= 0.6 is 35.5 Å². The summed E-state index contributed by atoms with van der Waals surface area (Å²) in [4.78, 5) is 22.9. The Morgan fingerprint density at radius 2 is 1.96 bits per heavy atom. The van der Waals surface area contributed by atoms with Gasteiger partial charge in [0.1, 0.15) is 0 Å². The summed E-state index contributed by atoms with van der Waals surface area (Å²) in [6.07, 6.45) is 3.57. The lowest BCUT2D eigenvalue weighted by Gasteiger charge is -2.24. The molecule has 0 saturated heterocycles. The molecule has 1 amide bonds. The van der Waals surface area contributed by atoms with E-state index in [-0.39, 0.29) is 18.3 Å². The van der Waals surface area contributed by atoms with Crippen molar-refractivity contribution in [1.29, 1.82) is 0 Å². The summed E-state index contributed by atoms with van der Waals surface area (Å²) in [5.74, 6) is 0.195. The van der Waals surface area contributed by atoms with Crippen molar-refractivity contribution in [3.05, 3.63) is 42.4 Å². The first-order valence-corrected chi connectivity index (χ1v) is 10.7. The summed E-state index contributed by atoms with van der Waals surface area (Å²) in [5.41, 5.74) is 0.958. The van der Waals surface area contributed by atoms with Crippen molar-refractivity contribution >= 4 is 56.8 Å². The van der Waals surface area contributed by atoms with Crippen molar-refractivity contribution in [2.45, 2.75) is 18.7 Å². The summed E-state index contributed by atoms with van der Waals surface area (Å²) in [7, 11) is 0. The van der Waals surface area contributed by atoms with Gasteiger partial charge >= 0.3 is 0 Å². The summed E-state index contributed by atoms with van der Waals surface area (Å²) >= 11 is 3.22. The molecule has 3 rings (SSSR count). The number of nitrogens with zero attached hydrogens (tertiary/aromatic N) is 3. The number of thioether (sulfide) groups is 1. The van der Waals surface area contributed by atoms with Crippen molar-refractivity contribution in [1.82, 2.24) is 9.88 Å². The minimum Gasteiger partial charge on any atom is -0.459 e. The van der Waals surface area contributed by atoms with Gasteiger partial charge in [0.2, 0.25) is 0 Å². The fourth-order valence-corrected chi connectivity index (χ4v) is 4.44. The predicted molar refractivity (Wildman–Crippen MR) is 117 cm³/mol. The number of aromatic nitrogens is 1. The van der Waals surface area contributed by atoms with Gasteiger partial charge in [-0.1, -0.05) is 31.3 Å². The molecule has 5 nitrogen and oxygen atoms in total. The molecule has 146 valence electrons. The number of carbonyl (C=O) groups is 1. The SMILES string of the molecule is CCN(CC)CCN(C(=O)c1ccco1)c1nc2c(SC)cccc2s1.Cl. The third-order valence-corrected chi connectivity index (χ3v) is 6.15. The van der Waals surface area contributed by atoms with Crippen molar-refractivity contribution in [3.8, 4) is 0 Å². The Morgan fingerprint density at radius 1 is 1.19 bits per heavy atom. The molecule has 0 bridgehead atoms. The predicted octanol–water partition coefficient (Wildman–Crippen LogP) is 5.02. The van der Waals surface area contributed by atoms with Gasteiger partial charge in [0.05, 0.1) is 16.5 Å². The second kappa shape index (κ2) is 10.1. The highest BCUT2D eigenvalue weighted by Gasteiger charge is 2.24. The number of fused-ring (bicyclic) bond motifs is 1. The third-order valence-electron chi connectivity index (χ3n) is 4.33. The number of carbonyl (C=O) groups excluding carboxylic acids is 1. The van der Waals surface area contributed by atoms with Gasteiger partial charge in [-0.3, -0.25) is 9.69 Å².